The summed E-state index contributed by atoms with van der Waals surface area (Å²) < 4.78 is 11.4. The molecule has 1 saturated heterocycles. The molecule has 5 heteroatoms. The van der Waals surface area contributed by atoms with E-state index in [-0.39, 0.29) is 18.1 Å². The van der Waals surface area contributed by atoms with E-state index in [1.165, 1.54) is 0 Å². The molecule has 0 aromatic heterocycles. The molecule has 116 valence electrons. The minimum Gasteiger partial charge on any atom is -0.379 e. The molecule has 1 heterocycles. The van der Waals surface area contributed by atoms with Crippen LogP contribution in [0.5, 0.6) is 0 Å². The van der Waals surface area contributed by atoms with Gasteiger partial charge in [0.05, 0.1) is 25.8 Å². The molecule has 1 aliphatic heterocycles. The van der Waals surface area contributed by atoms with Crippen molar-refractivity contribution in [1.29, 1.82) is 0 Å². The maximum Gasteiger partial charge on any atom is 0.234 e. The second kappa shape index (κ2) is 8.12. The molecular weight excluding hydrogens is 268 g/mol. The Labute approximate surface area is 126 Å². The number of amides is 1. The monoisotopic (exact) mass is 292 g/mol. The van der Waals surface area contributed by atoms with Crippen LogP contribution in [0.4, 0.5) is 0 Å². The Kier molecular flexibility index (Phi) is 6.17. The third-order valence-corrected chi connectivity index (χ3v) is 3.42. The maximum atomic E-state index is 11.9. The quantitative estimate of drug-likeness (QED) is 0.851. The molecule has 2 atom stereocenters. The molecule has 1 aliphatic rings. The molecule has 1 amide bonds. The Morgan fingerprint density at radius 1 is 1.38 bits per heavy atom. The average Bonchev–Trinajstić information content (AvgIpc) is 2.46. The zero-order valence-electron chi connectivity index (χ0n) is 12.7. The number of hydrogen-bond acceptors (Lipinski definition) is 4. The second-order valence-corrected chi connectivity index (χ2v) is 5.61. The molecule has 1 aromatic rings. The summed E-state index contributed by atoms with van der Waals surface area (Å²) in [5, 5.41) is 3.05. The molecule has 0 bridgehead atoms. The van der Waals surface area contributed by atoms with E-state index in [0.717, 1.165) is 12.0 Å². The van der Waals surface area contributed by atoms with Crippen molar-refractivity contribution >= 4 is 5.91 Å². The molecule has 5 nitrogen and oxygen atoms in total. The van der Waals surface area contributed by atoms with Crippen molar-refractivity contribution in [2.24, 2.45) is 0 Å². The number of carbonyl (C=O) groups is 1. The standard InChI is InChI=1S/C16H24N2O3/c1-18(2)10-16(19)17-14-8-9-20-12-15(14)21-11-13-6-4-3-5-7-13/h3-7,14-15H,8-12H2,1-2H3,(H,17,19)/t14-,15-/m1/s1. The number of benzene rings is 1. The SMILES string of the molecule is CN(C)CC(=O)N[C@@H]1CCOC[C@H]1OCc1ccccc1. The van der Waals surface area contributed by atoms with Gasteiger partial charge >= 0.3 is 0 Å². The van der Waals surface area contributed by atoms with Gasteiger partial charge in [0.1, 0.15) is 6.10 Å². The lowest BCUT2D eigenvalue weighted by molar-refractivity contribution is -0.127. The highest BCUT2D eigenvalue weighted by atomic mass is 16.5. The highest BCUT2D eigenvalue weighted by Crippen LogP contribution is 2.14. The van der Waals surface area contributed by atoms with E-state index in [1.807, 2.05) is 49.3 Å². The van der Waals surface area contributed by atoms with Crippen LogP contribution >= 0.6 is 0 Å². The molecule has 0 spiro atoms. The van der Waals surface area contributed by atoms with Gasteiger partial charge in [0.2, 0.25) is 5.91 Å². The van der Waals surface area contributed by atoms with E-state index in [2.05, 4.69) is 5.32 Å². The Morgan fingerprint density at radius 3 is 2.86 bits per heavy atom. The number of nitrogens with zero attached hydrogens (tertiary/aromatic N) is 1. The zero-order chi connectivity index (χ0) is 15.1. The van der Waals surface area contributed by atoms with Gasteiger partial charge in [0.15, 0.2) is 0 Å². The van der Waals surface area contributed by atoms with Crippen LogP contribution in [0.1, 0.15) is 12.0 Å². The summed E-state index contributed by atoms with van der Waals surface area (Å²) in [4.78, 5) is 13.7. The van der Waals surface area contributed by atoms with E-state index in [9.17, 15) is 4.79 Å². The van der Waals surface area contributed by atoms with Crippen molar-refractivity contribution in [2.45, 2.75) is 25.2 Å². The summed E-state index contributed by atoms with van der Waals surface area (Å²) in [5.74, 6) is 0.0280. The van der Waals surface area contributed by atoms with Crippen molar-refractivity contribution in [1.82, 2.24) is 10.2 Å². The molecule has 0 saturated carbocycles. The zero-order valence-corrected chi connectivity index (χ0v) is 12.7. The van der Waals surface area contributed by atoms with Crippen LogP contribution in [-0.2, 0) is 20.9 Å². The number of rotatable bonds is 6. The van der Waals surface area contributed by atoms with E-state index < -0.39 is 0 Å². The summed E-state index contributed by atoms with van der Waals surface area (Å²) in [5.41, 5.74) is 1.13. The number of ether oxygens (including phenoxy) is 2. The largest absolute Gasteiger partial charge is 0.379 e. The van der Waals surface area contributed by atoms with Crippen LogP contribution in [0.2, 0.25) is 0 Å². The predicted molar refractivity (Wildman–Crippen MR) is 80.9 cm³/mol. The molecule has 0 aliphatic carbocycles. The first-order valence-electron chi connectivity index (χ1n) is 7.32. The van der Waals surface area contributed by atoms with Crippen LogP contribution in [0.3, 0.4) is 0 Å². The van der Waals surface area contributed by atoms with Gasteiger partial charge < -0.3 is 19.7 Å². The molecule has 1 aromatic carbocycles. The smallest absolute Gasteiger partial charge is 0.234 e. The third-order valence-electron chi connectivity index (χ3n) is 3.42. The first kappa shape index (κ1) is 15.9. The van der Waals surface area contributed by atoms with E-state index in [4.69, 9.17) is 9.47 Å². The highest BCUT2D eigenvalue weighted by molar-refractivity contribution is 5.78. The van der Waals surface area contributed by atoms with E-state index in [0.29, 0.717) is 26.4 Å². The summed E-state index contributed by atoms with van der Waals surface area (Å²) >= 11 is 0. The Hall–Kier alpha value is -1.43. The summed E-state index contributed by atoms with van der Waals surface area (Å²) in [6.45, 7) is 2.12. The lowest BCUT2D eigenvalue weighted by Crippen LogP contribution is -2.51. The second-order valence-electron chi connectivity index (χ2n) is 5.61. The lowest BCUT2D eigenvalue weighted by atomic mass is 10.1. The summed E-state index contributed by atoms with van der Waals surface area (Å²) in [6, 6.07) is 10.1. The summed E-state index contributed by atoms with van der Waals surface area (Å²) in [7, 11) is 3.76. The molecule has 2 rings (SSSR count). The van der Waals surface area contributed by atoms with Gasteiger partial charge in [0, 0.05) is 6.61 Å². The van der Waals surface area contributed by atoms with Crippen molar-refractivity contribution in [3.8, 4) is 0 Å². The fourth-order valence-electron chi connectivity index (χ4n) is 2.36. The van der Waals surface area contributed by atoms with Gasteiger partial charge in [-0.3, -0.25) is 4.79 Å². The van der Waals surface area contributed by atoms with Gasteiger partial charge in [-0.15, -0.1) is 0 Å². The first-order valence-corrected chi connectivity index (χ1v) is 7.32. The van der Waals surface area contributed by atoms with Crippen LogP contribution in [0.15, 0.2) is 30.3 Å². The normalized spacial score (nSPS) is 22.2. The van der Waals surface area contributed by atoms with Crippen molar-refractivity contribution in [3.05, 3.63) is 35.9 Å². The first-order chi connectivity index (χ1) is 10.1. The number of hydrogen-bond donors (Lipinski definition) is 1. The van der Waals surface area contributed by atoms with Crippen LogP contribution in [0.25, 0.3) is 0 Å². The summed E-state index contributed by atoms with van der Waals surface area (Å²) in [6.07, 6.45) is 0.698. The van der Waals surface area contributed by atoms with Gasteiger partial charge in [0.25, 0.3) is 0 Å². The number of likely N-dealkylation sites (N-methyl/N-ethyl adjacent to an activating group) is 1. The number of nitrogens with one attached hydrogen (secondary N) is 1. The topological polar surface area (TPSA) is 50.8 Å². The maximum absolute atomic E-state index is 11.9. The van der Waals surface area contributed by atoms with Crippen molar-refractivity contribution in [2.75, 3.05) is 33.9 Å². The van der Waals surface area contributed by atoms with Crippen LogP contribution in [0, 0.1) is 0 Å². The fraction of sp³-hybridized carbons (Fsp3) is 0.562. The Balaban J connectivity index is 1.85. The Bertz CT molecular complexity index is 436. The lowest BCUT2D eigenvalue weighted by Gasteiger charge is -2.32. The van der Waals surface area contributed by atoms with Crippen LogP contribution in [-0.4, -0.2) is 56.8 Å². The molecule has 0 unspecified atom stereocenters. The molecule has 1 N–H and O–H groups in total. The van der Waals surface area contributed by atoms with Crippen LogP contribution < -0.4 is 5.32 Å². The molecule has 0 radical (unpaired) electrons. The minimum absolute atomic E-state index is 0.0231. The van der Waals surface area contributed by atoms with Crippen molar-refractivity contribution < 1.29 is 14.3 Å². The molecule has 1 fully saturated rings. The molecular formula is C16H24N2O3. The predicted octanol–water partition coefficient (Wildman–Crippen LogP) is 1.04. The average molecular weight is 292 g/mol. The fourth-order valence-corrected chi connectivity index (χ4v) is 2.36. The molecule has 21 heavy (non-hydrogen) atoms. The van der Waals surface area contributed by atoms with Gasteiger partial charge in [-0.05, 0) is 26.1 Å². The van der Waals surface area contributed by atoms with Gasteiger partial charge in [-0.1, -0.05) is 30.3 Å². The van der Waals surface area contributed by atoms with Crippen molar-refractivity contribution in [3.63, 3.8) is 0 Å². The van der Waals surface area contributed by atoms with E-state index in [1.54, 1.807) is 0 Å². The minimum atomic E-state index is -0.0925. The van der Waals surface area contributed by atoms with Gasteiger partial charge in [-0.25, -0.2) is 0 Å². The van der Waals surface area contributed by atoms with Gasteiger partial charge in [-0.2, -0.15) is 0 Å². The highest BCUT2D eigenvalue weighted by Gasteiger charge is 2.27. The third kappa shape index (κ3) is 5.46. The Morgan fingerprint density at radius 2 is 2.14 bits per heavy atom. The van der Waals surface area contributed by atoms with E-state index >= 15 is 0 Å². The number of carbonyl (C=O) groups excluding carboxylic acids is 1.